The van der Waals surface area contributed by atoms with Crippen molar-refractivity contribution in [1.29, 1.82) is 0 Å². The topological polar surface area (TPSA) is 47.0 Å². The van der Waals surface area contributed by atoms with E-state index in [9.17, 15) is 0 Å². The molecule has 4 nitrogen and oxygen atoms in total. The molecule has 19 heavy (non-hydrogen) atoms. The predicted octanol–water partition coefficient (Wildman–Crippen LogP) is 2.95. The standard InChI is InChI=1S/C15H27N3O/c1-10(2)7-16-8-14-9-17-15(18-12(14)5)19-13(6)11(3)4/h9-11,13,16H,7-8H2,1-6H3. The normalized spacial score (nSPS) is 13.1. The molecule has 0 amide bonds. The van der Waals surface area contributed by atoms with Crippen molar-refractivity contribution in [3.05, 3.63) is 17.5 Å². The van der Waals surface area contributed by atoms with Crippen LogP contribution in [0, 0.1) is 18.8 Å². The summed E-state index contributed by atoms with van der Waals surface area (Å²) in [5.41, 5.74) is 2.11. The Morgan fingerprint density at radius 1 is 1.21 bits per heavy atom. The Kier molecular flexibility index (Phi) is 6.22. The van der Waals surface area contributed by atoms with E-state index in [4.69, 9.17) is 4.74 Å². The van der Waals surface area contributed by atoms with Crippen molar-refractivity contribution in [2.24, 2.45) is 11.8 Å². The minimum Gasteiger partial charge on any atom is -0.460 e. The number of ether oxygens (including phenoxy) is 1. The molecular weight excluding hydrogens is 238 g/mol. The summed E-state index contributed by atoms with van der Waals surface area (Å²) in [4.78, 5) is 8.71. The lowest BCUT2D eigenvalue weighted by Crippen LogP contribution is -2.21. The summed E-state index contributed by atoms with van der Waals surface area (Å²) in [6.45, 7) is 14.5. The molecule has 1 rings (SSSR count). The number of hydrogen-bond donors (Lipinski definition) is 1. The lowest BCUT2D eigenvalue weighted by molar-refractivity contribution is 0.155. The highest BCUT2D eigenvalue weighted by Crippen LogP contribution is 2.13. The lowest BCUT2D eigenvalue weighted by atomic mass is 10.1. The van der Waals surface area contributed by atoms with Crippen LogP contribution in [-0.2, 0) is 6.54 Å². The predicted molar refractivity (Wildman–Crippen MR) is 78.2 cm³/mol. The summed E-state index contributed by atoms with van der Waals surface area (Å²) >= 11 is 0. The van der Waals surface area contributed by atoms with E-state index in [0.717, 1.165) is 24.3 Å². The zero-order valence-electron chi connectivity index (χ0n) is 13.0. The molecule has 1 unspecified atom stereocenters. The summed E-state index contributed by atoms with van der Waals surface area (Å²) in [6, 6.07) is 0.478. The number of nitrogens with zero attached hydrogens (tertiary/aromatic N) is 2. The van der Waals surface area contributed by atoms with E-state index in [1.165, 1.54) is 0 Å². The first kappa shape index (κ1) is 15.9. The van der Waals surface area contributed by atoms with Gasteiger partial charge in [0.25, 0.3) is 0 Å². The maximum absolute atomic E-state index is 5.71. The monoisotopic (exact) mass is 265 g/mol. The van der Waals surface area contributed by atoms with Crippen LogP contribution >= 0.6 is 0 Å². The Labute approximate surface area is 117 Å². The molecule has 0 aliphatic carbocycles. The third-order valence-electron chi connectivity index (χ3n) is 3.16. The lowest BCUT2D eigenvalue weighted by Gasteiger charge is -2.17. The molecule has 0 bridgehead atoms. The molecule has 1 heterocycles. The first-order valence-electron chi connectivity index (χ1n) is 7.10. The summed E-state index contributed by atoms with van der Waals surface area (Å²) in [5, 5.41) is 3.40. The van der Waals surface area contributed by atoms with E-state index in [-0.39, 0.29) is 6.10 Å². The van der Waals surface area contributed by atoms with Crippen molar-refractivity contribution in [3.8, 4) is 6.01 Å². The Balaban J connectivity index is 2.59. The van der Waals surface area contributed by atoms with Crippen molar-refractivity contribution >= 4 is 0 Å². The van der Waals surface area contributed by atoms with Crippen LogP contribution in [0.1, 0.15) is 45.9 Å². The smallest absolute Gasteiger partial charge is 0.316 e. The van der Waals surface area contributed by atoms with E-state index in [1.807, 2.05) is 20.0 Å². The van der Waals surface area contributed by atoms with Crippen molar-refractivity contribution in [3.63, 3.8) is 0 Å². The molecule has 1 atom stereocenters. The Bertz CT molecular complexity index is 391. The van der Waals surface area contributed by atoms with Crippen molar-refractivity contribution in [2.45, 2.75) is 54.2 Å². The molecule has 0 fully saturated rings. The van der Waals surface area contributed by atoms with Crippen LogP contribution in [0.3, 0.4) is 0 Å². The number of aryl methyl sites for hydroxylation is 1. The average molecular weight is 265 g/mol. The Hall–Kier alpha value is -1.16. The van der Waals surface area contributed by atoms with Crippen LogP contribution < -0.4 is 10.1 Å². The first-order valence-corrected chi connectivity index (χ1v) is 7.10. The summed E-state index contributed by atoms with van der Waals surface area (Å²) < 4.78 is 5.71. The van der Waals surface area contributed by atoms with Crippen LogP contribution in [0.25, 0.3) is 0 Å². The summed E-state index contributed by atoms with van der Waals surface area (Å²) in [6.07, 6.45) is 1.99. The largest absolute Gasteiger partial charge is 0.460 e. The van der Waals surface area contributed by atoms with Gasteiger partial charge in [-0.25, -0.2) is 9.97 Å². The zero-order valence-corrected chi connectivity index (χ0v) is 13.0. The average Bonchev–Trinajstić information content (AvgIpc) is 2.31. The second-order valence-electron chi connectivity index (χ2n) is 5.85. The minimum absolute atomic E-state index is 0.129. The maximum atomic E-state index is 5.71. The van der Waals surface area contributed by atoms with Crippen molar-refractivity contribution in [1.82, 2.24) is 15.3 Å². The number of rotatable bonds is 7. The number of nitrogens with one attached hydrogen (secondary N) is 1. The SMILES string of the molecule is Cc1nc(OC(C)C(C)C)ncc1CNCC(C)C. The van der Waals surface area contributed by atoms with E-state index in [1.54, 1.807) is 0 Å². The highest BCUT2D eigenvalue weighted by molar-refractivity contribution is 5.17. The molecule has 0 aromatic carbocycles. The quantitative estimate of drug-likeness (QED) is 0.823. The van der Waals surface area contributed by atoms with Gasteiger partial charge in [0, 0.05) is 24.0 Å². The van der Waals surface area contributed by atoms with Gasteiger partial charge in [-0.05, 0) is 32.2 Å². The fourth-order valence-corrected chi connectivity index (χ4v) is 1.50. The second kappa shape index (κ2) is 7.43. The van der Waals surface area contributed by atoms with Gasteiger partial charge >= 0.3 is 6.01 Å². The van der Waals surface area contributed by atoms with Crippen LogP contribution in [0.2, 0.25) is 0 Å². The van der Waals surface area contributed by atoms with Gasteiger partial charge < -0.3 is 10.1 Å². The molecule has 4 heteroatoms. The van der Waals surface area contributed by atoms with Crippen molar-refractivity contribution in [2.75, 3.05) is 6.54 Å². The molecule has 0 radical (unpaired) electrons. The third-order valence-corrected chi connectivity index (χ3v) is 3.16. The van der Waals surface area contributed by atoms with Gasteiger partial charge in [-0.15, -0.1) is 0 Å². The zero-order chi connectivity index (χ0) is 14.4. The third kappa shape index (κ3) is 5.55. The van der Waals surface area contributed by atoms with Gasteiger partial charge in [0.15, 0.2) is 0 Å². The fraction of sp³-hybridized carbons (Fsp3) is 0.733. The molecule has 0 spiro atoms. The van der Waals surface area contributed by atoms with Crippen molar-refractivity contribution < 1.29 is 4.74 Å². The molecule has 1 aromatic rings. The van der Waals surface area contributed by atoms with Crippen LogP contribution in [-0.4, -0.2) is 22.6 Å². The van der Waals surface area contributed by atoms with Crippen LogP contribution in [0.15, 0.2) is 6.20 Å². The molecule has 0 aliphatic heterocycles. The van der Waals surface area contributed by atoms with Gasteiger partial charge in [-0.2, -0.15) is 0 Å². The minimum atomic E-state index is 0.129. The Morgan fingerprint density at radius 3 is 2.42 bits per heavy atom. The highest BCUT2D eigenvalue weighted by Gasteiger charge is 2.11. The number of aromatic nitrogens is 2. The van der Waals surface area contributed by atoms with Gasteiger partial charge in [0.05, 0.1) is 0 Å². The number of hydrogen-bond acceptors (Lipinski definition) is 4. The highest BCUT2D eigenvalue weighted by atomic mass is 16.5. The fourth-order valence-electron chi connectivity index (χ4n) is 1.50. The maximum Gasteiger partial charge on any atom is 0.316 e. The molecule has 108 valence electrons. The molecule has 0 saturated carbocycles. The van der Waals surface area contributed by atoms with E-state index in [2.05, 4.69) is 43.0 Å². The van der Waals surface area contributed by atoms with Crippen LogP contribution in [0.5, 0.6) is 6.01 Å². The van der Waals surface area contributed by atoms with Crippen LogP contribution in [0.4, 0.5) is 0 Å². The van der Waals surface area contributed by atoms with Gasteiger partial charge in [0.2, 0.25) is 0 Å². The van der Waals surface area contributed by atoms with Gasteiger partial charge in [0.1, 0.15) is 6.10 Å². The summed E-state index contributed by atoms with van der Waals surface area (Å²) in [7, 11) is 0. The van der Waals surface area contributed by atoms with Gasteiger partial charge in [-0.3, -0.25) is 0 Å². The molecule has 1 N–H and O–H groups in total. The Morgan fingerprint density at radius 2 is 1.89 bits per heavy atom. The molecule has 0 aliphatic rings. The summed E-state index contributed by atoms with van der Waals surface area (Å²) in [5.74, 6) is 1.10. The first-order chi connectivity index (χ1) is 8.90. The molecular formula is C15H27N3O. The second-order valence-corrected chi connectivity index (χ2v) is 5.85. The molecule has 0 saturated heterocycles. The van der Waals surface area contributed by atoms with Gasteiger partial charge in [-0.1, -0.05) is 27.7 Å². The van der Waals surface area contributed by atoms with E-state index in [0.29, 0.717) is 17.8 Å². The van der Waals surface area contributed by atoms with E-state index >= 15 is 0 Å². The van der Waals surface area contributed by atoms with E-state index < -0.39 is 0 Å². The molecule has 1 aromatic heterocycles.